The zero-order valence-corrected chi connectivity index (χ0v) is 17.0. The van der Waals surface area contributed by atoms with Crippen LogP contribution in [0.1, 0.15) is 35.8 Å². The molecular weight excluding hydrogens is 364 g/mol. The van der Waals surface area contributed by atoms with E-state index >= 15 is 0 Å². The van der Waals surface area contributed by atoms with Gasteiger partial charge in [0.15, 0.2) is 0 Å². The third-order valence-electron chi connectivity index (χ3n) is 4.66. The van der Waals surface area contributed by atoms with E-state index in [1.54, 1.807) is 20.3 Å². The maximum Gasteiger partial charge on any atom is 0.281 e. The lowest BCUT2D eigenvalue weighted by Gasteiger charge is -2.32. The summed E-state index contributed by atoms with van der Waals surface area (Å²) in [6, 6.07) is 5.74. The lowest BCUT2D eigenvalue weighted by molar-refractivity contribution is 0.293. The Hall–Kier alpha value is -2.10. The second-order valence-electron chi connectivity index (χ2n) is 7.03. The van der Waals surface area contributed by atoms with Crippen LogP contribution < -0.4 is 5.32 Å². The summed E-state index contributed by atoms with van der Waals surface area (Å²) in [6.07, 6.45) is 3.39. The van der Waals surface area contributed by atoms with Crippen LogP contribution in [0.5, 0.6) is 0 Å². The van der Waals surface area contributed by atoms with Gasteiger partial charge in [0.1, 0.15) is 17.5 Å². The molecule has 8 nitrogen and oxygen atoms in total. The van der Waals surface area contributed by atoms with Crippen LogP contribution in [0.15, 0.2) is 24.4 Å². The van der Waals surface area contributed by atoms with Gasteiger partial charge in [-0.2, -0.15) is 17.0 Å². The zero-order chi connectivity index (χ0) is 19.6. The molecular formula is C18H26N6O2S. The minimum Gasteiger partial charge on any atom is -0.325 e. The molecule has 9 heteroatoms. The molecule has 1 aliphatic rings. The van der Waals surface area contributed by atoms with Crippen LogP contribution in [0, 0.1) is 13.8 Å². The quantitative estimate of drug-likeness (QED) is 0.842. The first kappa shape index (κ1) is 19.7. The van der Waals surface area contributed by atoms with E-state index in [1.807, 2.05) is 32.0 Å². The number of hydrogen-bond donors (Lipinski definition) is 1. The average Bonchev–Trinajstić information content (AvgIpc) is 2.63. The van der Waals surface area contributed by atoms with Crippen molar-refractivity contribution in [3.63, 3.8) is 0 Å². The third-order valence-corrected chi connectivity index (χ3v) is 6.57. The largest absolute Gasteiger partial charge is 0.325 e. The molecule has 0 unspecified atom stereocenters. The van der Waals surface area contributed by atoms with Gasteiger partial charge >= 0.3 is 0 Å². The van der Waals surface area contributed by atoms with E-state index in [0.29, 0.717) is 24.7 Å². The van der Waals surface area contributed by atoms with E-state index < -0.39 is 10.2 Å². The first-order valence-electron chi connectivity index (χ1n) is 8.99. The zero-order valence-electron chi connectivity index (χ0n) is 16.2. The molecule has 0 radical (unpaired) electrons. The van der Waals surface area contributed by atoms with Gasteiger partial charge in [0.25, 0.3) is 10.2 Å². The van der Waals surface area contributed by atoms with E-state index in [2.05, 4.69) is 20.3 Å². The van der Waals surface area contributed by atoms with Crippen molar-refractivity contribution >= 4 is 21.8 Å². The summed E-state index contributed by atoms with van der Waals surface area (Å²) in [5.41, 5.74) is 1.86. The Morgan fingerprint density at radius 1 is 1.26 bits per heavy atom. The highest BCUT2D eigenvalue weighted by Gasteiger charge is 2.32. The maximum absolute atomic E-state index is 12.5. The Balaban J connectivity index is 1.84. The SMILES string of the molecule is Cc1cc(Nc2ncccc2C)nc([C@H]2CCCN(S(=O)(=O)N(C)C)C2)n1. The van der Waals surface area contributed by atoms with Gasteiger partial charge in [-0.3, -0.25) is 0 Å². The third kappa shape index (κ3) is 4.42. The van der Waals surface area contributed by atoms with Gasteiger partial charge in [-0.15, -0.1) is 0 Å². The molecule has 1 atom stereocenters. The summed E-state index contributed by atoms with van der Waals surface area (Å²) < 4.78 is 27.7. The fraction of sp³-hybridized carbons (Fsp3) is 0.500. The Morgan fingerprint density at radius 3 is 2.74 bits per heavy atom. The van der Waals surface area contributed by atoms with Crippen LogP contribution in [-0.2, 0) is 10.2 Å². The molecule has 1 aliphatic heterocycles. The van der Waals surface area contributed by atoms with Crippen LogP contribution >= 0.6 is 0 Å². The summed E-state index contributed by atoms with van der Waals surface area (Å²) in [5, 5.41) is 3.25. The summed E-state index contributed by atoms with van der Waals surface area (Å²) in [6.45, 7) is 4.82. The predicted octanol–water partition coefficient (Wildman–Crippen LogP) is 2.22. The Kier molecular flexibility index (Phi) is 5.73. The minimum absolute atomic E-state index is 0.0289. The van der Waals surface area contributed by atoms with Gasteiger partial charge < -0.3 is 5.32 Å². The highest BCUT2D eigenvalue weighted by molar-refractivity contribution is 7.86. The average molecular weight is 391 g/mol. The predicted molar refractivity (Wildman–Crippen MR) is 105 cm³/mol. The molecule has 3 rings (SSSR count). The molecule has 0 bridgehead atoms. The Bertz CT molecular complexity index is 916. The molecule has 146 valence electrons. The molecule has 1 N–H and O–H groups in total. The Morgan fingerprint density at radius 2 is 2.04 bits per heavy atom. The normalized spacial score (nSPS) is 18.6. The van der Waals surface area contributed by atoms with Crippen molar-refractivity contribution in [3.8, 4) is 0 Å². The van der Waals surface area contributed by atoms with Gasteiger partial charge in [-0.1, -0.05) is 6.07 Å². The van der Waals surface area contributed by atoms with Gasteiger partial charge in [0.05, 0.1) is 0 Å². The number of hydrogen-bond acceptors (Lipinski definition) is 6. The smallest absolute Gasteiger partial charge is 0.281 e. The number of anilines is 2. The van der Waals surface area contributed by atoms with Gasteiger partial charge in [0, 0.05) is 51.1 Å². The minimum atomic E-state index is -3.43. The van der Waals surface area contributed by atoms with Crippen LogP contribution in [0.3, 0.4) is 0 Å². The maximum atomic E-state index is 12.5. The van der Waals surface area contributed by atoms with Gasteiger partial charge in [0.2, 0.25) is 0 Å². The number of aromatic nitrogens is 3. The standard InChI is InChI=1S/C18H26N6O2S/c1-13-7-5-9-19-17(13)21-16-11-14(2)20-18(22-16)15-8-6-10-24(12-15)27(25,26)23(3)4/h5,7,9,11,15H,6,8,10,12H2,1-4H3,(H,19,20,21,22)/t15-/m0/s1. The molecule has 0 amide bonds. The molecule has 27 heavy (non-hydrogen) atoms. The molecule has 3 heterocycles. The fourth-order valence-corrected chi connectivity index (χ4v) is 4.36. The number of aryl methyl sites for hydroxylation is 2. The van der Waals surface area contributed by atoms with Crippen molar-refractivity contribution in [2.75, 3.05) is 32.5 Å². The summed E-state index contributed by atoms with van der Waals surface area (Å²) in [4.78, 5) is 13.6. The molecule has 0 aliphatic carbocycles. The highest BCUT2D eigenvalue weighted by Crippen LogP contribution is 2.28. The number of pyridine rings is 1. The molecule has 2 aromatic heterocycles. The van der Waals surface area contributed by atoms with Crippen molar-refractivity contribution in [2.45, 2.75) is 32.6 Å². The molecule has 0 saturated carbocycles. The summed E-state index contributed by atoms with van der Waals surface area (Å²) in [5.74, 6) is 2.07. The van der Waals surface area contributed by atoms with Crippen LogP contribution in [0.2, 0.25) is 0 Å². The summed E-state index contributed by atoms with van der Waals surface area (Å²) >= 11 is 0. The van der Waals surface area contributed by atoms with E-state index in [0.717, 1.165) is 29.9 Å². The summed E-state index contributed by atoms with van der Waals surface area (Å²) in [7, 11) is -0.320. The lowest BCUT2D eigenvalue weighted by atomic mass is 9.99. The first-order valence-corrected chi connectivity index (χ1v) is 10.4. The topological polar surface area (TPSA) is 91.3 Å². The molecule has 1 saturated heterocycles. The number of nitrogens with zero attached hydrogens (tertiary/aromatic N) is 5. The molecule has 0 spiro atoms. The van der Waals surface area contributed by atoms with E-state index in [4.69, 9.17) is 0 Å². The fourth-order valence-electron chi connectivity index (χ4n) is 3.17. The van der Waals surface area contributed by atoms with E-state index in [9.17, 15) is 8.42 Å². The van der Waals surface area contributed by atoms with Crippen LogP contribution in [0.4, 0.5) is 11.6 Å². The van der Waals surface area contributed by atoms with Crippen molar-refractivity contribution in [3.05, 3.63) is 41.5 Å². The molecule has 1 fully saturated rings. The second-order valence-corrected chi connectivity index (χ2v) is 9.18. The first-order chi connectivity index (χ1) is 12.8. The van der Waals surface area contributed by atoms with Gasteiger partial charge in [-0.05, 0) is 38.3 Å². The van der Waals surface area contributed by atoms with Crippen molar-refractivity contribution < 1.29 is 8.42 Å². The van der Waals surface area contributed by atoms with Crippen molar-refractivity contribution in [1.29, 1.82) is 0 Å². The highest BCUT2D eigenvalue weighted by atomic mass is 32.2. The van der Waals surface area contributed by atoms with Gasteiger partial charge in [-0.25, -0.2) is 15.0 Å². The number of rotatable bonds is 5. The number of nitrogens with one attached hydrogen (secondary N) is 1. The molecule has 0 aromatic carbocycles. The van der Waals surface area contributed by atoms with Crippen LogP contribution in [-0.4, -0.2) is 59.2 Å². The van der Waals surface area contributed by atoms with E-state index in [1.165, 1.54) is 8.61 Å². The second kappa shape index (κ2) is 7.87. The monoisotopic (exact) mass is 390 g/mol. The molecule has 2 aromatic rings. The van der Waals surface area contributed by atoms with Crippen molar-refractivity contribution in [1.82, 2.24) is 23.6 Å². The van der Waals surface area contributed by atoms with Crippen molar-refractivity contribution in [2.24, 2.45) is 0 Å². The van der Waals surface area contributed by atoms with E-state index in [-0.39, 0.29) is 5.92 Å². The number of piperidine rings is 1. The Labute approximate surface area is 160 Å². The lowest BCUT2D eigenvalue weighted by Crippen LogP contribution is -2.45. The van der Waals surface area contributed by atoms with Crippen LogP contribution in [0.25, 0.3) is 0 Å².